The van der Waals surface area contributed by atoms with Crippen LogP contribution >= 0.6 is 0 Å². The molecule has 122 valence electrons. The molecule has 0 bridgehead atoms. The normalized spacial score (nSPS) is 36.1. The van der Waals surface area contributed by atoms with Crippen molar-refractivity contribution in [3.05, 3.63) is 0 Å². The van der Waals surface area contributed by atoms with Crippen molar-refractivity contribution in [2.75, 3.05) is 33.4 Å². The molecule has 0 aromatic rings. The van der Waals surface area contributed by atoms with Crippen molar-refractivity contribution in [3.63, 3.8) is 0 Å². The quantitative estimate of drug-likeness (QED) is 0.425. The van der Waals surface area contributed by atoms with E-state index in [4.69, 9.17) is 4.74 Å². The summed E-state index contributed by atoms with van der Waals surface area (Å²) in [6.07, 6.45) is 7.36. The summed E-state index contributed by atoms with van der Waals surface area (Å²) < 4.78 is 6.42. The highest BCUT2D eigenvalue weighted by molar-refractivity contribution is 5.74. The maximum Gasteiger partial charge on any atom is 0.309 e. The Morgan fingerprint density at radius 3 is 2.81 bits per heavy atom. The lowest BCUT2D eigenvalue weighted by atomic mass is 9.87. The van der Waals surface area contributed by atoms with Crippen molar-refractivity contribution in [1.29, 1.82) is 0 Å². The van der Waals surface area contributed by atoms with E-state index in [9.17, 15) is 4.79 Å². The molecule has 4 heteroatoms. The smallest absolute Gasteiger partial charge is 0.309 e. The Bertz CT molecular complexity index is 348. The number of esters is 1. The van der Waals surface area contributed by atoms with Crippen LogP contribution in [0.1, 0.15) is 52.4 Å². The fourth-order valence-electron chi connectivity index (χ4n) is 4.02. The molecular weight excluding hydrogens is 264 g/mol. The zero-order valence-corrected chi connectivity index (χ0v) is 14.1. The Hall–Kier alpha value is -0.610. The minimum Gasteiger partial charge on any atom is -0.465 e. The first-order chi connectivity index (χ1) is 10.1. The fourth-order valence-corrected chi connectivity index (χ4v) is 4.02. The van der Waals surface area contributed by atoms with Crippen LogP contribution < -0.4 is 5.32 Å². The van der Waals surface area contributed by atoms with Gasteiger partial charge in [0.25, 0.3) is 0 Å². The largest absolute Gasteiger partial charge is 0.465 e. The summed E-state index contributed by atoms with van der Waals surface area (Å²) in [6, 6.07) is 0.639. The molecule has 2 heterocycles. The van der Waals surface area contributed by atoms with Crippen LogP contribution in [-0.2, 0) is 9.53 Å². The number of carbonyl (C=O) groups is 1. The van der Waals surface area contributed by atoms with Gasteiger partial charge in [-0.2, -0.15) is 0 Å². The molecular formula is C17H33N2O2+. The van der Waals surface area contributed by atoms with Gasteiger partial charge in [-0.1, -0.05) is 26.7 Å². The molecule has 2 aliphatic rings. The van der Waals surface area contributed by atoms with Gasteiger partial charge in [-0.25, -0.2) is 0 Å². The van der Waals surface area contributed by atoms with Crippen LogP contribution in [-0.4, -0.2) is 49.9 Å². The van der Waals surface area contributed by atoms with Gasteiger partial charge >= 0.3 is 5.97 Å². The van der Waals surface area contributed by atoms with Crippen molar-refractivity contribution in [2.24, 2.45) is 11.8 Å². The van der Waals surface area contributed by atoms with E-state index in [1.807, 2.05) is 0 Å². The molecule has 4 unspecified atom stereocenters. The van der Waals surface area contributed by atoms with Crippen molar-refractivity contribution in [2.45, 2.75) is 58.4 Å². The van der Waals surface area contributed by atoms with E-state index in [0.29, 0.717) is 18.6 Å². The number of cyclic esters (lactones) is 1. The van der Waals surface area contributed by atoms with E-state index in [2.05, 4.69) is 26.2 Å². The molecule has 0 aromatic heterocycles. The second-order valence-corrected chi connectivity index (χ2v) is 7.17. The molecule has 2 aliphatic heterocycles. The molecule has 2 fully saturated rings. The van der Waals surface area contributed by atoms with E-state index < -0.39 is 0 Å². The number of unbranched alkanes of at least 4 members (excludes halogenated alkanes) is 3. The van der Waals surface area contributed by atoms with Gasteiger partial charge in [0.2, 0.25) is 0 Å². The summed E-state index contributed by atoms with van der Waals surface area (Å²) in [4.78, 5) is 11.8. The molecule has 21 heavy (non-hydrogen) atoms. The van der Waals surface area contributed by atoms with Crippen LogP contribution in [0, 0.1) is 11.8 Å². The molecule has 0 saturated carbocycles. The number of hydrogen-bond donors (Lipinski definition) is 1. The predicted octanol–water partition coefficient (Wildman–Crippen LogP) is 2.53. The summed E-state index contributed by atoms with van der Waals surface area (Å²) in [7, 11) is 2.38. The third-order valence-corrected chi connectivity index (χ3v) is 5.58. The molecule has 1 N–H and O–H groups in total. The number of quaternary nitrogens is 1. The van der Waals surface area contributed by atoms with Gasteiger partial charge in [-0.3, -0.25) is 10.1 Å². The second kappa shape index (κ2) is 7.59. The molecule has 0 aliphatic carbocycles. The summed E-state index contributed by atoms with van der Waals surface area (Å²) in [5.74, 6) is 0.602. The van der Waals surface area contributed by atoms with Crippen LogP contribution in [0.4, 0.5) is 0 Å². The standard InChI is InChI=1S/C17H33N2O2/c1-4-6-7-8-9-19(3)13-18-11-15(19)10-14-12-21-17(20)16(14)5-2/h14-16,18H,4-13H2,1-3H3/q+1. The lowest BCUT2D eigenvalue weighted by Crippen LogP contribution is -2.50. The van der Waals surface area contributed by atoms with Crippen molar-refractivity contribution in [3.8, 4) is 0 Å². The predicted molar refractivity (Wildman–Crippen MR) is 84.7 cm³/mol. The molecule has 0 radical (unpaired) electrons. The Kier molecular flexibility index (Phi) is 6.06. The molecule has 0 aromatic carbocycles. The zero-order valence-electron chi connectivity index (χ0n) is 14.1. The highest BCUT2D eigenvalue weighted by Gasteiger charge is 2.43. The van der Waals surface area contributed by atoms with Gasteiger partial charge in [0, 0.05) is 12.3 Å². The number of carbonyl (C=O) groups excluding carboxylic acids is 1. The average Bonchev–Trinajstić information content (AvgIpc) is 3.00. The Morgan fingerprint density at radius 1 is 1.29 bits per heavy atom. The lowest BCUT2D eigenvalue weighted by molar-refractivity contribution is -0.922. The van der Waals surface area contributed by atoms with Gasteiger partial charge in [-0.15, -0.1) is 0 Å². The molecule has 0 amide bonds. The number of hydrogen-bond acceptors (Lipinski definition) is 3. The van der Waals surface area contributed by atoms with Crippen LogP contribution in [0.5, 0.6) is 0 Å². The first kappa shape index (κ1) is 16.8. The number of rotatable bonds is 8. The number of likely N-dealkylation sites (N-methyl/N-ethyl adjacent to an activating group) is 1. The van der Waals surface area contributed by atoms with Gasteiger partial charge in [0.05, 0.1) is 32.7 Å². The van der Waals surface area contributed by atoms with Crippen molar-refractivity contribution in [1.82, 2.24) is 5.32 Å². The van der Waals surface area contributed by atoms with Crippen LogP contribution in [0.15, 0.2) is 0 Å². The van der Waals surface area contributed by atoms with Crippen molar-refractivity contribution < 1.29 is 14.0 Å². The summed E-state index contributed by atoms with van der Waals surface area (Å²) in [6.45, 7) is 8.44. The topological polar surface area (TPSA) is 38.3 Å². The van der Waals surface area contributed by atoms with Gasteiger partial charge < -0.3 is 9.22 Å². The lowest BCUT2D eigenvalue weighted by Gasteiger charge is -2.36. The van der Waals surface area contributed by atoms with Gasteiger partial charge in [0.15, 0.2) is 0 Å². The zero-order chi connectivity index (χ0) is 15.3. The van der Waals surface area contributed by atoms with Gasteiger partial charge in [0.1, 0.15) is 12.7 Å². The van der Waals surface area contributed by atoms with E-state index >= 15 is 0 Å². The van der Waals surface area contributed by atoms with Crippen LogP contribution in [0.3, 0.4) is 0 Å². The van der Waals surface area contributed by atoms with Gasteiger partial charge in [-0.05, 0) is 19.3 Å². The Labute approximate surface area is 129 Å². The van der Waals surface area contributed by atoms with E-state index in [1.165, 1.54) is 32.2 Å². The summed E-state index contributed by atoms with van der Waals surface area (Å²) in [5, 5.41) is 3.57. The monoisotopic (exact) mass is 297 g/mol. The highest BCUT2D eigenvalue weighted by Crippen LogP contribution is 2.32. The fraction of sp³-hybridized carbons (Fsp3) is 0.941. The first-order valence-corrected chi connectivity index (χ1v) is 8.82. The van der Waals surface area contributed by atoms with E-state index in [-0.39, 0.29) is 11.9 Å². The van der Waals surface area contributed by atoms with Crippen molar-refractivity contribution >= 4 is 5.97 Å². The Balaban J connectivity index is 1.87. The SMILES string of the molecule is CCCCCC[N+]1(C)CNCC1CC1COC(=O)C1CC. The molecule has 0 spiro atoms. The minimum absolute atomic E-state index is 0.0330. The second-order valence-electron chi connectivity index (χ2n) is 7.17. The highest BCUT2D eigenvalue weighted by atomic mass is 16.5. The molecule has 2 saturated heterocycles. The molecule has 4 nitrogen and oxygen atoms in total. The number of nitrogens with one attached hydrogen (secondary N) is 1. The van der Waals surface area contributed by atoms with E-state index in [1.54, 1.807) is 0 Å². The number of ether oxygens (including phenoxy) is 1. The first-order valence-electron chi connectivity index (χ1n) is 8.82. The Morgan fingerprint density at radius 2 is 2.10 bits per heavy atom. The molecule has 4 atom stereocenters. The van der Waals surface area contributed by atoms with Crippen LogP contribution in [0.2, 0.25) is 0 Å². The average molecular weight is 297 g/mol. The summed E-state index contributed by atoms with van der Waals surface area (Å²) >= 11 is 0. The maximum atomic E-state index is 11.8. The van der Waals surface area contributed by atoms with Crippen LogP contribution in [0.25, 0.3) is 0 Å². The summed E-state index contributed by atoms with van der Waals surface area (Å²) in [5.41, 5.74) is 0. The van der Waals surface area contributed by atoms with E-state index in [0.717, 1.165) is 30.5 Å². The third-order valence-electron chi connectivity index (χ3n) is 5.58. The minimum atomic E-state index is 0.0330. The number of nitrogens with zero attached hydrogens (tertiary/aromatic N) is 1. The maximum absolute atomic E-state index is 11.8. The molecule has 2 rings (SSSR count). The third kappa shape index (κ3) is 3.98.